The number of hydrogen-bond donors (Lipinski definition) is 3. The molecule has 9 heteroatoms. The van der Waals surface area contributed by atoms with Crippen molar-refractivity contribution >= 4 is 27.8 Å². The molecule has 1 rings (SSSR count). The van der Waals surface area contributed by atoms with Crippen molar-refractivity contribution in [3.05, 3.63) is 29.8 Å². The van der Waals surface area contributed by atoms with Crippen LogP contribution in [0, 0.1) is 0 Å². The third kappa shape index (κ3) is 5.04. The Balaban J connectivity index is 2.84. The Labute approximate surface area is 122 Å². The number of carbonyl (C=O) groups is 2. The SMILES string of the molecule is CNC(=O)c1cccc(NS(=O)(=O)N(C)CCC(=O)O)c1. The summed E-state index contributed by atoms with van der Waals surface area (Å²) >= 11 is 0. The highest BCUT2D eigenvalue weighted by atomic mass is 32.2. The van der Waals surface area contributed by atoms with E-state index in [0.717, 1.165) is 4.31 Å². The van der Waals surface area contributed by atoms with E-state index in [1.165, 1.54) is 26.2 Å². The minimum absolute atomic E-state index is 0.153. The van der Waals surface area contributed by atoms with Gasteiger partial charge in [-0.15, -0.1) is 0 Å². The van der Waals surface area contributed by atoms with Crippen LogP contribution in [0.15, 0.2) is 24.3 Å². The molecule has 0 bridgehead atoms. The molecular weight excluding hydrogens is 298 g/mol. The van der Waals surface area contributed by atoms with Gasteiger partial charge in [-0.3, -0.25) is 14.3 Å². The van der Waals surface area contributed by atoms with Crippen molar-refractivity contribution in [1.82, 2.24) is 9.62 Å². The van der Waals surface area contributed by atoms with Gasteiger partial charge in [0.2, 0.25) is 0 Å². The predicted molar refractivity (Wildman–Crippen MR) is 77.3 cm³/mol. The van der Waals surface area contributed by atoms with Crippen molar-refractivity contribution in [3.63, 3.8) is 0 Å². The molecule has 0 saturated heterocycles. The molecule has 8 nitrogen and oxygen atoms in total. The number of amides is 1. The third-order valence-corrected chi connectivity index (χ3v) is 4.15. The van der Waals surface area contributed by atoms with Gasteiger partial charge >= 0.3 is 16.2 Å². The van der Waals surface area contributed by atoms with Gasteiger partial charge < -0.3 is 10.4 Å². The van der Waals surface area contributed by atoms with Gasteiger partial charge in [-0.05, 0) is 18.2 Å². The summed E-state index contributed by atoms with van der Waals surface area (Å²) in [7, 11) is -1.13. The molecule has 1 aromatic rings. The first-order chi connectivity index (χ1) is 9.76. The van der Waals surface area contributed by atoms with Crippen LogP contribution < -0.4 is 10.0 Å². The molecule has 1 amide bonds. The van der Waals surface area contributed by atoms with Crippen LogP contribution in [0.2, 0.25) is 0 Å². The number of nitrogens with one attached hydrogen (secondary N) is 2. The highest BCUT2D eigenvalue weighted by molar-refractivity contribution is 7.90. The van der Waals surface area contributed by atoms with Crippen molar-refractivity contribution in [3.8, 4) is 0 Å². The second kappa shape index (κ2) is 7.04. The summed E-state index contributed by atoms with van der Waals surface area (Å²) in [5.41, 5.74) is 0.532. The fourth-order valence-electron chi connectivity index (χ4n) is 1.47. The molecule has 0 aliphatic heterocycles. The van der Waals surface area contributed by atoms with E-state index in [1.807, 2.05) is 0 Å². The van der Waals surface area contributed by atoms with Crippen LogP contribution in [-0.4, -0.2) is 50.3 Å². The first-order valence-electron chi connectivity index (χ1n) is 6.04. The largest absolute Gasteiger partial charge is 0.481 e. The number of aliphatic carboxylic acids is 1. The third-order valence-electron chi connectivity index (χ3n) is 2.65. The van der Waals surface area contributed by atoms with E-state index in [-0.39, 0.29) is 24.6 Å². The van der Waals surface area contributed by atoms with Crippen LogP contribution in [0.5, 0.6) is 0 Å². The van der Waals surface area contributed by atoms with E-state index in [4.69, 9.17) is 5.11 Å². The maximum absolute atomic E-state index is 12.0. The fraction of sp³-hybridized carbons (Fsp3) is 0.333. The van der Waals surface area contributed by atoms with Crippen LogP contribution in [0.3, 0.4) is 0 Å². The lowest BCUT2D eigenvalue weighted by Gasteiger charge is -2.17. The van der Waals surface area contributed by atoms with Crippen molar-refractivity contribution in [2.45, 2.75) is 6.42 Å². The second-order valence-corrected chi connectivity index (χ2v) is 6.01. The standard InChI is InChI=1S/C12H17N3O5S/c1-13-12(18)9-4-3-5-10(8-9)14-21(19,20)15(2)7-6-11(16)17/h3-5,8,14H,6-7H2,1-2H3,(H,13,18)(H,16,17). The average molecular weight is 315 g/mol. The fourth-order valence-corrected chi connectivity index (χ4v) is 2.38. The van der Waals surface area contributed by atoms with Crippen molar-refractivity contribution < 1.29 is 23.1 Å². The maximum atomic E-state index is 12.0. The predicted octanol–water partition coefficient (Wildman–Crippen LogP) is 0.109. The minimum Gasteiger partial charge on any atom is -0.481 e. The molecule has 116 valence electrons. The van der Waals surface area contributed by atoms with Gasteiger partial charge in [0.1, 0.15) is 0 Å². The molecule has 0 atom stereocenters. The molecule has 0 aliphatic carbocycles. The summed E-state index contributed by atoms with van der Waals surface area (Å²) in [4.78, 5) is 21.9. The van der Waals surface area contributed by atoms with E-state index in [9.17, 15) is 18.0 Å². The number of carboxylic acid groups (broad SMARTS) is 1. The average Bonchev–Trinajstić information content (AvgIpc) is 2.43. The van der Waals surface area contributed by atoms with Crippen LogP contribution in [0.1, 0.15) is 16.8 Å². The lowest BCUT2D eigenvalue weighted by molar-refractivity contribution is -0.137. The minimum atomic E-state index is -3.87. The summed E-state index contributed by atoms with van der Waals surface area (Å²) in [6.45, 7) is -0.153. The van der Waals surface area contributed by atoms with E-state index >= 15 is 0 Å². The van der Waals surface area contributed by atoms with Crippen LogP contribution in [-0.2, 0) is 15.0 Å². The highest BCUT2D eigenvalue weighted by Crippen LogP contribution is 2.13. The van der Waals surface area contributed by atoms with Crippen molar-refractivity contribution in [2.24, 2.45) is 0 Å². The van der Waals surface area contributed by atoms with Gasteiger partial charge in [0.15, 0.2) is 0 Å². The molecule has 0 fully saturated rings. The zero-order valence-corrected chi connectivity index (χ0v) is 12.5. The molecular formula is C12H17N3O5S. The van der Waals surface area contributed by atoms with Gasteiger partial charge in [-0.1, -0.05) is 6.07 Å². The monoisotopic (exact) mass is 315 g/mol. The number of carboxylic acids is 1. The number of hydrogen-bond acceptors (Lipinski definition) is 4. The van der Waals surface area contributed by atoms with E-state index in [0.29, 0.717) is 5.56 Å². The molecule has 3 N–H and O–H groups in total. The first kappa shape index (κ1) is 16.9. The molecule has 0 unspecified atom stereocenters. The van der Waals surface area contributed by atoms with Gasteiger partial charge in [0.05, 0.1) is 12.1 Å². The summed E-state index contributed by atoms with van der Waals surface area (Å²) in [6, 6.07) is 5.97. The lowest BCUT2D eigenvalue weighted by atomic mass is 10.2. The highest BCUT2D eigenvalue weighted by Gasteiger charge is 2.18. The zero-order valence-electron chi connectivity index (χ0n) is 11.7. The Morgan fingerprint density at radius 1 is 1.33 bits per heavy atom. The lowest BCUT2D eigenvalue weighted by Crippen LogP contribution is -2.34. The van der Waals surface area contributed by atoms with E-state index in [2.05, 4.69) is 10.0 Å². The Morgan fingerprint density at radius 2 is 2.00 bits per heavy atom. The van der Waals surface area contributed by atoms with Crippen LogP contribution >= 0.6 is 0 Å². The van der Waals surface area contributed by atoms with Crippen LogP contribution in [0.4, 0.5) is 5.69 Å². The summed E-state index contributed by atoms with van der Waals surface area (Å²) in [6.07, 6.45) is -0.296. The summed E-state index contributed by atoms with van der Waals surface area (Å²) in [5, 5.41) is 11.0. The number of rotatable bonds is 7. The van der Waals surface area contributed by atoms with Crippen molar-refractivity contribution in [1.29, 1.82) is 0 Å². The number of carbonyl (C=O) groups excluding carboxylic acids is 1. The molecule has 0 radical (unpaired) electrons. The van der Waals surface area contributed by atoms with Gasteiger partial charge in [-0.25, -0.2) is 0 Å². The second-order valence-electron chi connectivity index (χ2n) is 4.23. The van der Waals surface area contributed by atoms with E-state index < -0.39 is 16.2 Å². The van der Waals surface area contributed by atoms with E-state index in [1.54, 1.807) is 12.1 Å². The first-order valence-corrected chi connectivity index (χ1v) is 7.48. The molecule has 0 spiro atoms. The summed E-state index contributed by atoms with van der Waals surface area (Å²) < 4.78 is 27.2. The molecule has 0 aliphatic rings. The van der Waals surface area contributed by atoms with Gasteiger partial charge in [0, 0.05) is 26.2 Å². The van der Waals surface area contributed by atoms with Gasteiger partial charge in [0.25, 0.3) is 5.91 Å². The molecule has 21 heavy (non-hydrogen) atoms. The quantitative estimate of drug-likeness (QED) is 0.660. The maximum Gasteiger partial charge on any atom is 0.304 e. The molecule has 1 aromatic carbocycles. The van der Waals surface area contributed by atoms with Crippen molar-refractivity contribution in [2.75, 3.05) is 25.4 Å². The zero-order chi connectivity index (χ0) is 16.0. The molecule has 0 heterocycles. The topological polar surface area (TPSA) is 116 Å². The Kier molecular flexibility index (Phi) is 5.68. The summed E-state index contributed by atoms with van der Waals surface area (Å²) in [5.74, 6) is -1.42. The Hall–Kier alpha value is -2.13. The smallest absolute Gasteiger partial charge is 0.304 e. The molecule has 0 saturated carbocycles. The Morgan fingerprint density at radius 3 is 2.57 bits per heavy atom. The number of nitrogens with zero attached hydrogens (tertiary/aromatic N) is 1. The van der Waals surface area contributed by atoms with Crippen LogP contribution in [0.25, 0.3) is 0 Å². The van der Waals surface area contributed by atoms with Gasteiger partial charge in [-0.2, -0.15) is 12.7 Å². The molecule has 0 aromatic heterocycles. The number of benzene rings is 1. The number of anilines is 1. The Bertz CT molecular complexity index is 630. The normalized spacial score (nSPS) is 11.2.